The second-order valence-corrected chi connectivity index (χ2v) is 2.23. The number of aldehydes is 1. The van der Waals surface area contributed by atoms with E-state index in [2.05, 4.69) is 10.6 Å². The molecule has 0 amide bonds. The normalized spacial score (nSPS) is 23.1. The third kappa shape index (κ3) is 1.69. The molecule has 1 aliphatic rings. The van der Waals surface area contributed by atoms with Gasteiger partial charge >= 0.3 is 0 Å². The Kier molecular flexibility index (Phi) is 2.45. The lowest BCUT2D eigenvalue weighted by Gasteiger charge is -2.02. The Labute approximate surface area is 63.1 Å². The van der Waals surface area contributed by atoms with Crippen LogP contribution in [-0.4, -0.2) is 37.1 Å². The molecule has 11 heavy (non-hydrogen) atoms. The standard InChI is InChI=1S/C6H8N2O3/c9-2-5(10)6(11)4-1-7-3-8-4/h2,4,7-8H,1,3H2. The minimum Gasteiger partial charge on any atom is -0.302 e. The van der Waals surface area contributed by atoms with Crippen molar-refractivity contribution in [3.63, 3.8) is 0 Å². The van der Waals surface area contributed by atoms with Crippen molar-refractivity contribution in [1.29, 1.82) is 0 Å². The van der Waals surface area contributed by atoms with Gasteiger partial charge in [0.2, 0.25) is 5.78 Å². The van der Waals surface area contributed by atoms with Crippen LogP contribution >= 0.6 is 0 Å². The first-order valence-electron chi connectivity index (χ1n) is 3.23. The molecule has 0 bridgehead atoms. The fraction of sp³-hybridized carbons (Fsp3) is 0.500. The average Bonchev–Trinajstić information content (AvgIpc) is 2.53. The van der Waals surface area contributed by atoms with Crippen LogP contribution in [0.1, 0.15) is 0 Å². The maximum absolute atomic E-state index is 10.9. The van der Waals surface area contributed by atoms with Crippen LogP contribution in [0.15, 0.2) is 0 Å². The number of carbonyl (C=O) groups is 3. The second kappa shape index (κ2) is 3.36. The first-order chi connectivity index (χ1) is 5.25. The summed E-state index contributed by atoms with van der Waals surface area (Å²) in [5.41, 5.74) is 0. The molecule has 0 spiro atoms. The zero-order valence-electron chi connectivity index (χ0n) is 5.79. The van der Waals surface area contributed by atoms with E-state index in [1.165, 1.54) is 0 Å². The summed E-state index contributed by atoms with van der Waals surface area (Å²) >= 11 is 0. The van der Waals surface area contributed by atoms with Gasteiger partial charge in [-0.25, -0.2) is 0 Å². The summed E-state index contributed by atoms with van der Waals surface area (Å²) in [4.78, 5) is 31.3. The summed E-state index contributed by atoms with van der Waals surface area (Å²) in [5.74, 6) is -1.63. The van der Waals surface area contributed by atoms with E-state index < -0.39 is 17.6 Å². The zero-order valence-corrected chi connectivity index (χ0v) is 5.79. The van der Waals surface area contributed by atoms with Crippen LogP contribution in [0.25, 0.3) is 0 Å². The number of rotatable bonds is 3. The molecule has 1 atom stereocenters. The van der Waals surface area contributed by atoms with Crippen molar-refractivity contribution in [2.75, 3.05) is 13.2 Å². The molecule has 1 aliphatic heterocycles. The molecule has 1 saturated heterocycles. The van der Waals surface area contributed by atoms with Gasteiger partial charge in [0.15, 0.2) is 6.29 Å². The fourth-order valence-electron chi connectivity index (χ4n) is 0.899. The van der Waals surface area contributed by atoms with Gasteiger partial charge in [0.25, 0.3) is 5.78 Å². The highest BCUT2D eigenvalue weighted by molar-refractivity contribution is 6.59. The topological polar surface area (TPSA) is 75.3 Å². The molecule has 60 valence electrons. The molecule has 0 aromatic heterocycles. The second-order valence-electron chi connectivity index (χ2n) is 2.23. The summed E-state index contributed by atoms with van der Waals surface area (Å²) in [6.07, 6.45) is 0.0440. The van der Waals surface area contributed by atoms with Crippen LogP contribution in [0.3, 0.4) is 0 Å². The molecular formula is C6H8N2O3. The Balaban J connectivity index is 2.52. The summed E-state index contributed by atoms with van der Waals surface area (Å²) in [5, 5.41) is 5.56. The third-order valence-corrected chi connectivity index (χ3v) is 1.49. The van der Waals surface area contributed by atoms with Crippen molar-refractivity contribution in [3.05, 3.63) is 0 Å². The predicted octanol–water partition coefficient (Wildman–Crippen LogP) is -2.16. The van der Waals surface area contributed by atoms with Crippen LogP contribution in [-0.2, 0) is 14.4 Å². The van der Waals surface area contributed by atoms with Crippen molar-refractivity contribution in [3.8, 4) is 0 Å². The fourth-order valence-corrected chi connectivity index (χ4v) is 0.899. The molecule has 0 aromatic rings. The summed E-state index contributed by atoms with van der Waals surface area (Å²) < 4.78 is 0. The molecule has 1 heterocycles. The van der Waals surface area contributed by atoms with Gasteiger partial charge in [0.05, 0.1) is 6.04 Å². The molecule has 1 rings (SSSR count). The smallest absolute Gasteiger partial charge is 0.262 e. The Morgan fingerprint density at radius 1 is 1.45 bits per heavy atom. The van der Waals surface area contributed by atoms with Gasteiger partial charge in [-0.3, -0.25) is 19.7 Å². The lowest BCUT2D eigenvalue weighted by Crippen LogP contribution is -2.38. The zero-order chi connectivity index (χ0) is 8.27. The van der Waals surface area contributed by atoms with Crippen LogP contribution < -0.4 is 10.6 Å². The van der Waals surface area contributed by atoms with Crippen molar-refractivity contribution in [2.24, 2.45) is 0 Å². The highest BCUT2D eigenvalue weighted by atomic mass is 16.2. The van der Waals surface area contributed by atoms with E-state index in [4.69, 9.17) is 0 Å². The van der Waals surface area contributed by atoms with Crippen LogP contribution in [0.5, 0.6) is 0 Å². The molecule has 0 radical (unpaired) electrons. The van der Waals surface area contributed by atoms with E-state index in [-0.39, 0.29) is 6.29 Å². The molecule has 5 nitrogen and oxygen atoms in total. The molecule has 5 heteroatoms. The average molecular weight is 156 g/mol. The van der Waals surface area contributed by atoms with Gasteiger partial charge in [-0.05, 0) is 0 Å². The van der Waals surface area contributed by atoms with Crippen molar-refractivity contribution >= 4 is 17.9 Å². The van der Waals surface area contributed by atoms with Crippen molar-refractivity contribution in [2.45, 2.75) is 6.04 Å². The van der Waals surface area contributed by atoms with Crippen molar-refractivity contribution < 1.29 is 14.4 Å². The SMILES string of the molecule is O=CC(=O)C(=O)C1CNCN1. The van der Waals surface area contributed by atoms with E-state index in [9.17, 15) is 14.4 Å². The first-order valence-corrected chi connectivity index (χ1v) is 3.23. The minimum atomic E-state index is -0.966. The van der Waals surface area contributed by atoms with E-state index in [1.54, 1.807) is 0 Å². The molecule has 1 unspecified atom stereocenters. The molecule has 1 fully saturated rings. The number of hydrogen-bond donors (Lipinski definition) is 2. The molecular weight excluding hydrogens is 148 g/mol. The van der Waals surface area contributed by atoms with Gasteiger partial charge in [-0.15, -0.1) is 0 Å². The maximum atomic E-state index is 10.9. The monoisotopic (exact) mass is 156 g/mol. The highest BCUT2D eigenvalue weighted by Crippen LogP contribution is 1.90. The number of carbonyl (C=O) groups excluding carboxylic acids is 3. The van der Waals surface area contributed by atoms with E-state index in [0.717, 1.165) is 0 Å². The third-order valence-electron chi connectivity index (χ3n) is 1.49. The molecule has 0 aromatic carbocycles. The lowest BCUT2D eigenvalue weighted by molar-refractivity contribution is -0.140. The largest absolute Gasteiger partial charge is 0.302 e. The first kappa shape index (κ1) is 8.03. The van der Waals surface area contributed by atoms with Crippen LogP contribution in [0.4, 0.5) is 0 Å². The molecule has 2 N–H and O–H groups in total. The van der Waals surface area contributed by atoms with Crippen LogP contribution in [0, 0.1) is 0 Å². The van der Waals surface area contributed by atoms with Gasteiger partial charge in [-0.2, -0.15) is 0 Å². The van der Waals surface area contributed by atoms with Gasteiger partial charge in [-0.1, -0.05) is 0 Å². The highest BCUT2D eigenvalue weighted by Gasteiger charge is 2.26. The Bertz CT molecular complexity index is 196. The minimum absolute atomic E-state index is 0.0440. The summed E-state index contributed by atoms with van der Waals surface area (Å²) in [7, 11) is 0. The molecule has 0 aliphatic carbocycles. The van der Waals surface area contributed by atoms with E-state index in [0.29, 0.717) is 13.2 Å². The lowest BCUT2D eigenvalue weighted by atomic mass is 10.1. The Hall–Kier alpha value is -1.07. The molecule has 0 saturated carbocycles. The number of Topliss-reactive ketones (excluding diaryl/α,β-unsaturated/α-hetero) is 2. The van der Waals surface area contributed by atoms with Gasteiger partial charge in [0, 0.05) is 13.2 Å². The number of ketones is 2. The number of nitrogens with one attached hydrogen (secondary N) is 2. The number of hydrogen-bond acceptors (Lipinski definition) is 5. The summed E-state index contributed by atoms with van der Waals surface area (Å²) in [6, 6.07) is -0.521. The van der Waals surface area contributed by atoms with Gasteiger partial charge < -0.3 is 5.32 Å². The van der Waals surface area contributed by atoms with E-state index >= 15 is 0 Å². The van der Waals surface area contributed by atoms with Gasteiger partial charge in [0.1, 0.15) is 0 Å². The van der Waals surface area contributed by atoms with E-state index in [1.807, 2.05) is 0 Å². The Morgan fingerprint density at radius 3 is 2.64 bits per heavy atom. The predicted molar refractivity (Wildman–Crippen MR) is 35.9 cm³/mol. The maximum Gasteiger partial charge on any atom is 0.262 e. The van der Waals surface area contributed by atoms with Crippen LogP contribution in [0.2, 0.25) is 0 Å². The summed E-state index contributed by atoms with van der Waals surface area (Å²) in [6.45, 7) is 0.918. The Morgan fingerprint density at radius 2 is 2.18 bits per heavy atom. The quantitative estimate of drug-likeness (QED) is 0.276. The van der Waals surface area contributed by atoms with Crippen molar-refractivity contribution in [1.82, 2.24) is 10.6 Å².